The van der Waals surface area contributed by atoms with Gasteiger partial charge in [0.25, 0.3) is 0 Å². The number of rotatable bonds is 4. The molecule has 122 valence electrons. The number of ether oxygens (including phenoxy) is 1. The molecule has 2 heterocycles. The van der Waals surface area contributed by atoms with E-state index in [1.807, 2.05) is 11.6 Å². The number of esters is 1. The second-order valence-corrected chi connectivity index (χ2v) is 5.50. The molecule has 2 rings (SSSR count). The minimum absolute atomic E-state index is 0.229. The van der Waals surface area contributed by atoms with Crippen molar-refractivity contribution in [3.05, 3.63) is 17.5 Å². The van der Waals surface area contributed by atoms with Gasteiger partial charge in [-0.25, -0.2) is 4.79 Å². The van der Waals surface area contributed by atoms with Gasteiger partial charge in [0.2, 0.25) is 0 Å². The van der Waals surface area contributed by atoms with E-state index in [1.54, 1.807) is 11.8 Å². The van der Waals surface area contributed by atoms with E-state index in [-0.39, 0.29) is 6.61 Å². The molecule has 22 heavy (non-hydrogen) atoms. The lowest BCUT2D eigenvalue weighted by Gasteiger charge is -2.34. The SMILES string of the molecule is CCOC(=O)C(=O)N1CCN(CCn2nc(C)cc2C)CC1. The standard InChI is InChI=1S/C15H24N4O3/c1-4-22-15(21)14(20)18-8-5-17(6-9-18)7-10-19-13(3)11-12(2)16-19/h11H,4-10H2,1-3H3. The molecular weight excluding hydrogens is 284 g/mol. The van der Waals surface area contributed by atoms with Gasteiger partial charge in [0.1, 0.15) is 0 Å². The Labute approximate surface area is 130 Å². The second-order valence-electron chi connectivity index (χ2n) is 5.50. The maximum absolute atomic E-state index is 11.8. The first-order chi connectivity index (χ1) is 10.5. The average Bonchev–Trinajstić information content (AvgIpc) is 2.83. The fourth-order valence-corrected chi connectivity index (χ4v) is 2.63. The Kier molecular flexibility index (Phi) is 5.54. The fraction of sp³-hybridized carbons (Fsp3) is 0.667. The molecule has 0 spiro atoms. The Bertz CT molecular complexity index is 533. The summed E-state index contributed by atoms with van der Waals surface area (Å²) in [5.74, 6) is -1.28. The molecule has 0 unspecified atom stereocenters. The van der Waals surface area contributed by atoms with Crippen molar-refractivity contribution in [3.63, 3.8) is 0 Å². The van der Waals surface area contributed by atoms with Crippen molar-refractivity contribution in [3.8, 4) is 0 Å². The van der Waals surface area contributed by atoms with E-state index >= 15 is 0 Å². The van der Waals surface area contributed by atoms with E-state index in [0.717, 1.165) is 37.6 Å². The minimum atomic E-state index is -0.751. The van der Waals surface area contributed by atoms with E-state index in [1.165, 1.54) is 0 Å². The normalized spacial score (nSPS) is 15.9. The highest BCUT2D eigenvalue weighted by Crippen LogP contribution is 2.06. The quantitative estimate of drug-likeness (QED) is 0.587. The molecular formula is C15H24N4O3. The first-order valence-electron chi connectivity index (χ1n) is 7.70. The Morgan fingerprint density at radius 3 is 2.41 bits per heavy atom. The maximum Gasteiger partial charge on any atom is 0.397 e. The second kappa shape index (κ2) is 7.40. The molecule has 7 nitrogen and oxygen atoms in total. The Balaban J connectivity index is 1.76. The zero-order valence-corrected chi connectivity index (χ0v) is 13.5. The molecule has 1 aromatic heterocycles. The number of hydrogen-bond acceptors (Lipinski definition) is 5. The highest BCUT2D eigenvalue weighted by Gasteiger charge is 2.26. The molecule has 1 aliphatic rings. The number of hydrogen-bond donors (Lipinski definition) is 0. The summed E-state index contributed by atoms with van der Waals surface area (Å²) in [6, 6.07) is 2.07. The third kappa shape index (κ3) is 4.07. The number of aryl methyl sites for hydroxylation is 2. The van der Waals surface area contributed by atoms with Gasteiger partial charge >= 0.3 is 11.9 Å². The van der Waals surface area contributed by atoms with Crippen LogP contribution in [0.2, 0.25) is 0 Å². The van der Waals surface area contributed by atoms with Crippen molar-refractivity contribution in [2.24, 2.45) is 0 Å². The molecule has 0 radical (unpaired) electrons. The zero-order chi connectivity index (χ0) is 16.1. The first-order valence-corrected chi connectivity index (χ1v) is 7.70. The lowest BCUT2D eigenvalue weighted by Crippen LogP contribution is -2.51. The van der Waals surface area contributed by atoms with Gasteiger partial charge in [0.05, 0.1) is 18.8 Å². The number of aromatic nitrogens is 2. The molecule has 1 aliphatic heterocycles. The predicted octanol–water partition coefficient (Wildman–Crippen LogP) is 0.207. The summed E-state index contributed by atoms with van der Waals surface area (Å²) in [6.45, 7) is 10.4. The summed E-state index contributed by atoms with van der Waals surface area (Å²) >= 11 is 0. The molecule has 0 bridgehead atoms. The largest absolute Gasteiger partial charge is 0.459 e. The van der Waals surface area contributed by atoms with Crippen LogP contribution in [0, 0.1) is 13.8 Å². The average molecular weight is 308 g/mol. The highest BCUT2D eigenvalue weighted by molar-refractivity contribution is 6.32. The summed E-state index contributed by atoms with van der Waals surface area (Å²) in [6.07, 6.45) is 0. The summed E-state index contributed by atoms with van der Waals surface area (Å²) in [5.41, 5.74) is 2.19. The van der Waals surface area contributed by atoms with Crippen LogP contribution in [0.1, 0.15) is 18.3 Å². The van der Waals surface area contributed by atoms with Crippen LogP contribution < -0.4 is 0 Å². The summed E-state index contributed by atoms with van der Waals surface area (Å²) < 4.78 is 6.75. The molecule has 0 aromatic carbocycles. The van der Waals surface area contributed by atoms with Gasteiger partial charge in [0, 0.05) is 38.4 Å². The van der Waals surface area contributed by atoms with Crippen molar-refractivity contribution >= 4 is 11.9 Å². The van der Waals surface area contributed by atoms with Crippen molar-refractivity contribution in [1.82, 2.24) is 19.6 Å². The molecule has 0 saturated carbocycles. The van der Waals surface area contributed by atoms with Crippen LogP contribution in [-0.4, -0.2) is 70.8 Å². The van der Waals surface area contributed by atoms with Crippen LogP contribution in [0.4, 0.5) is 0 Å². The molecule has 1 saturated heterocycles. The van der Waals surface area contributed by atoms with Gasteiger partial charge in [-0.15, -0.1) is 0 Å². The van der Waals surface area contributed by atoms with Crippen molar-refractivity contribution in [2.75, 3.05) is 39.3 Å². The lowest BCUT2D eigenvalue weighted by molar-refractivity contribution is -0.160. The van der Waals surface area contributed by atoms with Gasteiger partial charge in [-0.05, 0) is 26.8 Å². The molecule has 0 aliphatic carbocycles. The van der Waals surface area contributed by atoms with E-state index in [9.17, 15) is 9.59 Å². The molecule has 0 atom stereocenters. The summed E-state index contributed by atoms with van der Waals surface area (Å²) in [5, 5.41) is 4.45. The van der Waals surface area contributed by atoms with Crippen LogP contribution in [0.5, 0.6) is 0 Å². The van der Waals surface area contributed by atoms with Crippen LogP contribution in [-0.2, 0) is 20.9 Å². The Hall–Kier alpha value is -1.89. The van der Waals surface area contributed by atoms with E-state index in [0.29, 0.717) is 13.1 Å². The topological polar surface area (TPSA) is 67.7 Å². The number of piperazine rings is 1. The smallest absolute Gasteiger partial charge is 0.397 e. The summed E-state index contributed by atoms with van der Waals surface area (Å²) in [4.78, 5) is 27.1. The van der Waals surface area contributed by atoms with Crippen molar-refractivity contribution in [1.29, 1.82) is 0 Å². The molecule has 1 fully saturated rings. The van der Waals surface area contributed by atoms with Crippen molar-refractivity contribution < 1.29 is 14.3 Å². The van der Waals surface area contributed by atoms with Gasteiger partial charge in [-0.1, -0.05) is 0 Å². The Morgan fingerprint density at radius 2 is 1.86 bits per heavy atom. The van der Waals surface area contributed by atoms with E-state index in [4.69, 9.17) is 4.74 Å². The summed E-state index contributed by atoms with van der Waals surface area (Å²) in [7, 11) is 0. The maximum atomic E-state index is 11.8. The van der Waals surface area contributed by atoms with E-state index in [2.05, 4.69) is 23.0 Å². The van der Waals surface area contributed by atoms with Crippen LogP contribution in [0.3, 0.4) is 0 Å². The molecule has 1 amide bonds. The molecule has 0 N–H and O–H groups in total. The third-order valence-corrected chi connectivity index (χ3v) is 3.84. The van der Waals surface area contributed by atoms with Crippen LogP contribution in [0.25, 0.3) is 0 Å². The Morgan fingerprint density at radius 1 is 1.18 bits per heavy atom. The lowest BCUT2D eigenvalue weighted by atomic mass is 10.3. The van der Waals surface area contributed by atoms with Crippen LogP contribution in [0.15, 0.2) is 6.07 Å². The van der Waals surface area contributed by atoms with Crippen LogP contribution >= 0.6 is 0 Å². The fourth-order valence-electron chi connectivity index (χ4n) is 2.63. The van der Waals surface area contributed by atoms with Gasteiger partial charge < -0.3 is 9.64 Å². The van der Waals surface area contributed by atoms with Gasteiger partial charge in [0.15, 0.2) is 0 Å². The van der Waals surface area contributed by atoms with Crippen molar-refractivity contribution in [2.45, 2.75) is 27.3 Å². The third-order valence-electron chi connectivity index (χ3n) is 3.84. The van der Waals surface area contributed by atoms with Gasteiger partial charge in [-0.2, -0.15) is 5.10 Å². The minimum Gasteiger partial charge on any atom is -0.459 e. The molecule has 1 aromatic rings. The molecule has 7 heteroatoms. The predicted molar refractivity (Wildman–Crippen MR) is 81.4 cm³/mol. The number of carbonyl (C=O) groups is 2. The first kappa shape index (κ1) is 16.5. The number of amides is 1. The zero-order valence-electron chi connectivity index (χ0n) is 13.5. The number of carbonyl (C=O) groups excluding carboxylic acids is 2. The number of nitrogens with zero attached hydrogens (tertiary/aromatic N) is 4. The van der Waals surface area contributed by atoms with Gasteiger partial charge in [-0.3, -0.25) is 14.4 Å². The van der Waals surface area contributed by atoms with E-state index < -0.39 is 11.9 Å². The monoisotopic (exact) mass is 308 g/mol. The highest BCUT2D eigenvalue weighted by atomic mass is 16.5.